The Bertz CT molecular complexity index is 612. The van der Waals surface area contributed by atoms with Crippen molar-refractivity contribution in [3.63, 3.8) is 0 Å². The number of aryl methyl sites for hydroxylation is 1. The number of amides is 1. The van der Waals surface area contributed by atoms with Gasteiger partial charge >= 0.3 is 0 Å². The Morgan fingerprint density at radius 3 is 2.68 bits per heavy atom. The molecular formula is C13H16BrNO3S. The van der Waals surface area contributed by atoms with Crippen LogP contribution in [0.2, 0.25) is 0 Å². The van der Waals surface area contributed by atoms with Gasteiger partial charge in [-0.1, -0.05) is 28.1 Å². The first kappa shape index (κ1) is 14.5. The van der Waals surface area contributed by atoms with Gasteiger partial charge in [-0.15, -0.1) is 0 Å². The first-order valence-corrected chi connectivity index (χ1v) is 8.97. The summed E-state index contributed by atoms with van der Waals surface area (Å²) in [6, 6.07) is 5.75. The number of hydrogen-bond acceptors (Lipinski definition) is 3. The zero-order valence-electron chi connectivity index (χ0n) is 10.9. The number of carbonyl (C=O) groups is 1. The number of nitrogens with zero attached hydrogens (tertiary/aromatic N) is 1. The fraction of sp³-hybridized carbons (Fsp3) is 0.462. The second-order valence-corrected chi connectivity index (χ2v) is 8.19. The highest BCUT2D eigenvalue weighted by molar-refractivity contribution is 9.09. The Morgan fingerprint density at radius 1 is 1.37 bits per heavy atom. The van der Waals surface area contributed by atoms with E-state index in [-0.39, 0.29) is 16.5 Å². The van der Waals surface area contributed by atoms with Crippen molar-refractivity contribution in [3.8, 4) is 0 Å². The maximum Gasteiger partial charge on any atom is 0.227 e. The minimum atomic E-state index is -3.02. The Balaban J connectivity index is 2.29. The summed E-state index contributed by atoms with van der Waals surface area (Å²) in [5.74, 6) is 0.187. The van der Waals surface area contributed by atoms with E-state index in [1.807, 2.05) is 18.2 Å². The summed E-state index contributed by atoms with van der Waals surface area (Å²) >= 11 is 3.42. The van der Waals surface area contributed by atoms with E-state index in [0.717, 1.165) is 16.8 Å². The molecule has 1 aliphatic rings. The molecular weight excluding hydrogens is 330 g/mol. The number of carbonyl (C=O) groups excluding carboxylic acids is 1. The molecule has 6 heteroatoms. The molecule has 0 saturated carbocycles. The van der Waals surface area contributed by atoms with Crippen LogP contribution in [0.1, 0.15) is 22.4 Å². The SMILES string of the molecule is CN1C(=O)CCc2cc(C(Br)CS(C)(=O)=O)ccc21. The number of anilines is 1. The third kappa shape index (κ3) is 3.36. The van der Waals surface area contributed by atoms with Crippen molar-refractivity contribution in [3.05, 3.63) is 29.3 Å². The van der Waals surface area contributed by atoms with E-state index in [0.29, 0.717) is 12.8 Å². The molecule has 19 heavy (non-hydrogen) atoms. The molecule has 0 radical (unpaired) electrons. The minimum Gasteiger partial charge on any atom is -0.315 e. The molecule has 4 nitrogen and oxygen atoms in total. The summed E-state index contributed by atoms with van der Waals surface area (Å²) < 4.78 is 22.6. The van der Waals surface area contributed by atoms with Crippen LogP contribution >= 0.6 is 15.9 Å². The average molecular weight is 346 g/mol. The Hall–Kier alpha value is -0.880. The topological polar surface area (TPSA) is 54.5 Å². The molecule has 1 amide bonds. The monoisotopic (exact) mass is 345 g/mol. The number of fused-ring (bicyclic) bond motifs is 1. The molecule has 0 aromatic heterocycles. The van der Waals surface area contributed by atoms with Crippen LogP contribution in [-0.2, 0) is 21.1 Å². The zero-order valence-corrected chi connectivity index (χ0v) is 13.3. The first-order valence-electron chi connectivity index (χ1n) is 5.99. The molecule has 1 aromatic carbocycles. The van der Waals surface area contributed by atoms with Gasteiger partial charge in [-0.2, -0.15) is 0 Å². The third-order valence-electron chi connectivity index (χ3n) is 3.26. The first-order chi connectivity index (χ1) is 8.78. The lowest BCUT2D eigenvalue weighted by Gasteiger charge is -2.26. The number of halogens is 1. The van der Waals surface area contributed by atoms with Crippen molar-refractivity contribution >= 4 is 37.4 Å². The number of sulfone groups is 1. The molecule has 1 unspecified atom stereocenters. The highest BCUT2D eigenvalue weighted by Crippen LogP contribution is 2.32. The normalized spacial score (nSPS) is 17.2. The van der Waals surface area contributed by atoms with Crippen LogP contribution in [0, 0.1) is 0 Å². The molecule has 0 N–H and O–H groups in total. The molecule has 1 aromatic rings. The predicted octanol–water partition coefficient (Wildman–Crippen LogP) is 2.08. The maximum atomic E-state index is 11.6. The zero-order chi connectivity index (χ0) is 14.2. The summed E-state index contributed by atoms with van der Waals surface area (Å²) in [5.41, 5.74) is 2.95. The summed E-state index contributed by atoms with van der Waals surface area (Å²) in [5, 5.41) is 0. The smallest absolute Gasteiger partial charge is 0.227 e. The second kappa shape index (κ2) is 5.25. The Labute approximate surface area is 121 Å². The lowest BCUT2D eigenvalue weighted by Crippen LogP contribution is -2.31. The van der Waals surface area contributed by atoms with E-state index in [9.17, 15) is 13.2 Å². The molecule has 104 valence electrons. The fourth-order valence-electron chi connectivity index (χ4n) is 2.23. The van der Waals surface area contributed by atoms with E-state index in [2.05, 4.69) is 15.9 Å². The van der Waals surface area contributed by atoms with Gasteiger partial charge in [-0.25, -0.2) is 8.42 Å². The highest BCUT2D eigenvalue weighted by Gasteiger charge is 2.22. The van der Waals surface area contributed by atoms with E-state index < -0.39 is 9.84 Å². The van der Waals surface area contributed by atoms with Gasteiger partial charge in [0, 0.05) is 25.4 Å². The van der Waals surface area contributed by atoms with Crippen LogP contribution < -0.4 is 4.90 Å². The standard InChI is InChI=1S/C13H16BrNO3S/c1-15-12-5-3-9(11(14)8-19(2,17)18)7-10(12)4-6-13(15)16/h3,5,7,11H,4,6,8H2,1-2H3. The van der Waals surface area contributed by atoms with Crippen molar-refractivity contribution in [1.29, 1.82) is 0 Å². The maximum absolute atomic E-state index is 11.6. The van der Waals surface area contributed by atoms with Gasteiger partial charge in [0.25, 0.3) is 0 Å². The molecule has 1 heterocycles. The van der Waals surface area contributed by atoms with Crippen molar-refractivity contribution in [2.45, 2.75) is 17.7 Å². The summed E-state index contributed by atoms with van der Waals surface area (Å²) in [4.78, 5) is 13.0. The number of benzene rings is 1. The van der Waals surface area contributed by atoms with Gasteiger partial charge in [0.15, 0.2) is 0 Å². The molecule has 1 atom stereocenters. The van der Waals surface area contributed by atoms with Gasteiger partial charge in [0.05, 0.1) is 10.6 Å². The molecule has 1 aliphatic heterocycles. The molecule has 0 saturated heterocycles. The van der Waals surface area contributed by atoms with Gasteiger partial charge in [-0.3, -0.25) is 4.79 Å². The van der Waals surface area contributed by atoms with Crippen LogP contribution in [0.3, 0.4) is 0 Å². The fourth-order valence-corrected chi connectivity index (χ4v) is 4.68. The third-order valence-corrected chi connectivity index (χ3v) is 5.48. The summed E-state index contributed by atoms with van der Waals surface area (Å²) in [7, 11) is -1.26. The van der Waals surface area contributed by atoms with E-state index in [1.165, 1.54) is 6.26 Å². The molecule has 0 aliphatic carbocycles. The second-order valence-electron chi connectivity index (χ2n) is 4.90. The van der Waals surface area contributed by atoms with Crippen LogP contribution in [0.25, 0.3) is 0 Å². The highest BCUT2D eigenvalue weighted by atomic mass is 79.9. The average Bonchev–Trinajstić information content (AvgIpc) is 2.31. The van der Waals surface area contributed by atoms with E-state index >= 15 is 0 Å². The lowest BCUT2D eigenvalue weighted by atomic mass is 9.98. The summed E-state index contributed by atoms with van der Waals surface area (Å²) in [6.07, 6.45) is 2.45. The van der Waals surface area contributed by atoms with Crippen LogP contribution in [0.15, 0.2) is 18.2 Å². The summed E-state index contributed by atoms with van der Waals surface area (Å²) in [6.45, 7) is 0. The van der Waals surface area contributed by atoms with Crippen molar-refractivity contribution < 1.29 is 13.2 Å². The minimum absolute atomic E-state index is 0.0700. The van der Waals surface area contributed by atoms with E-state index in [4.69, 9.17) is 0 Å². The number of alkyl halides is 1. The quantitative estimate of drug-likeness (QED) is 0.788. The largest absolute Gasteiger partial charge is 0.315 e. The van der Waals surface area contributed by atoms with Crippen LogP contribution in [0.5, 0.6) is 0 Å². The Kier molecular flexibility index (Phi) is 4.01. The van der Waals surface area contributed by atoms with Gasteiger partial charge in [-0.05, 0) is 23.6 Å². The number of rotatable bonds is 3. The van der Waals surface area contributed by atoms with Crippen LogP contribution in [-0.4, -0.2) is 33.4 Å². The lowest BCUT2D eigenvalue weighted by molar-refractivity contribution is -0.118. The predicted molar refractivity (Wildman–Crippen MR) is 79.6 cm³/mol. The van der Waals surface area contributed by atoms with Crippen molar-refractivity contribution in [1.82, 2.24) is 0 Å². The molecule has 2 rings (SSSR count). The van der Waals surface area contributed by atoms with Crippen molar-refractivity contribution in [2.75, 3.05) is 24.0 Å². The van der Waals surface area contributed by atoms with Crippen molar-refractivity contribution in [2.24, 2.45) is 0 Å². The molecule has 0 spiro atoms. The molecule has 0 fully saturated rings. The van der Waals surface area contributed by atoms with Crippen LogP contribution in [0.4, 0.5) is 5.69 Å². The van der Waals surface area contributed by atoms with Gasteiger partial charge < -0.3 is 4.90 Å². The Morgan fingerprint density at radius 2 is 2.05 bits per heavy atom. The van der Waals surface area contributed by atoms with E-state index in [1.54, 1.807) is 11.9 Å². The number of hydrogen-bond donors (Lipinski definition) is 0. The molecule has 0 bridgehead atoms. The van der Waals surface area contributed by atoms with Gasteiger partial charge in [0.2, 0.25) is 5.91 Å². The van der Waals surface area contributed by atoms with Gasteiger partial charge in [0.1, 0.15) is 9.84 Å².